The lowest BCUT2D eigenvalue weighted by Gasteiger charge is -2.36. The van der Waals surface area contributed by atoms with E-state index >= 15 is 0 Å². The molecular formula is C71H47NO. The molecule has 0 saturated carbocycles. The molecule has 0 amide bonds. The van der Waals surface area contributed by atoms with Crippen LogP contribution in [0, 0.1) is 0 Å². The minimum Gasteiger partial charge on any atom is -0.456 e. The molecule has 342 valence electrons. The van der Waals surface area contributed by atoms with Crippen molar-refractivity contribution in [2.75, 3.05) is 4.90 Å². The van der Waals surface area contributed by atoms with Crippen molar-refractivity contribution in [3.8, 4) is 44.5 Å². The molecule has 0 radical (unpaired) electrons. The molecule has 0 N–H and O–H groups in total. The van der Waals surface area contributed by atoms with Crippen LogP contribution in [0.1, 0.15) is 69.5 Å². The smallest absolute Gasteiger partial charge is 0.140 e. The van der Waals surface area contributed by atoms with Crippen LogP contribution in [0.2, 0.25) is 0 Å². The van der Waals surface area contributed by atoms with Gasteiger partial charge in [0.05, 0.1) is 10.8 Å². The van der Waals surface area contributed by atoms with E-state index in [1.165, 1.54) is 94.6 Å². The van der Waals surface area contributed by atoms with Crippen LogP contribution in [0.25, 0.3) is 66.4 Å². The van der Waals surface area contributed by atoms with Crippen molar-refractivity contribution in [3.05, 3.63) is 304 Å². The monoisotopic (exact) mass is 929 g/mol. The number of fused-ring (bicyclic) bond motifs is 19. The summed E-state index contributed by atoms with van der Waals surface area (Å²) < 4.78 is 7.25. The Morgan fingerprint density at radius 2 is 0.685 bits per heavy atom. The molecular weight excluding hydrogens is 883 g/mol. The van der Waals surface area contributed by atoms with Crippen LogP contribution < -0.4 is 4.90 Å². The number of furan rings is 1. The number of hydrogen-bond acceptors (Lipinski definition) is 2. The van der Waals surface area contributed by atoms with Crippen LogP contribution in [0.3, 0.4) is 0 Å². The summed E-state index contributed by atoms with van der Waals surface area (Å²) in [5.74, 6) is 0. The van der Waals surface area contributed by atoms with E-state index in [1.807, 2.05) is 0 Å². The topological polar surface area (TPSA) is 16.4 Å². The average Bonchev–Trinajstić information content (AvgIpc) is 4.22. The van der Waals surface area contributed by atoms with E-state index in [0.29, 0.717) is 0 Å². The van der Waals surface area contributed by atoms with Crippen LogP contribution in [-0.2, 0) is 16.2 Å². The summed E-state index contributed by atoms with van der Waals surface area (Å²) in [7, 11) is 0. The summed E-state index contributed by atoms with van der Waals surface area (Å²) in [5.41, 5.74) is 26.7. The summed E-state index contributed by atoms with van der Waals surface area (Å²) >= 11 is 0. The lowest BCUT2D eigenvalue weighted by Crippen LogP contribution is -2.29. The van der Waals surface area contributed by atoms with Gasteiger partial charge in [-0.15, -0.1) is 0 Å². The van der Waals surface area contributed by atoms with Gasteiger partial charge in [-0.3, -0.25) is 0 Å². The number of anilines is 3. The molecule has 73 heavy (non-hydrogen) atoms. The highest BCUT2D eigenvalue weighted by Crippen LogP contribution is 2.64. The van der Waals surface area contributed by atoms with Gasteiger partial charge < -0.3 is 9.32 Å². The quantitative estimate of drug-likeness (QED) is 0.171. The van der Waals surface area contributed by atoms with Crippen LogP contribution >= 0.6 is 0 Å². The van der Waals surface area contributed by atoms with E-state index in [0.717, 1.165) is 44.6 Å². The maximum absolute atomic E-state index is 7.25. The molecule has 4 aliphatic carbocycles. The first kappa shape index (κ1) is 40.7. The second-order valence-electron chi connectivity index (χ2n) is 21.0. The Labute approximate surface area is 425 Å². The molecule has 0 fully saturated rings. The zero-order valence-corrected chi connectivity index (χ0v) is 40.5. The Morgan fingerprint density at radius 3 is 1.23 bits per heavy atom. The Hall–Kier alpha value is -8.98. The van der Waals surface area contributed by atoms with E-state index in [1.54, 1.807) is 0 Å². The Balaban J connectivity index is 1.03. The standard InChI is InChI=1S/C71H47NO/c1-69(2)58-29-13-6-22-48(58)54-38-36-45(41-64(54)69)72(46-37-39-55-53-27-11-18-34-63(53)71(65(55)42-46)61-32-16-9-25-51(61)52-26-10-17-33-62(52)71)47-40-57-56-28-12-19-35-67(56)73-68(57)66(43-47)70(44-20-4-3-5-21-44)59-30-14-7-23-49(59)50-24-8-15-31-60(50)70/h3-43H,1-2H3. The Kier molecular flexibility index (Phi) is 8.12. The molecule has 0 aliphatic heterocycles. The molecule has 0 saturated heterocycles. The van der Waals surface area contributed by atoms with Crippen molar-refractivity contribution in [1.29, 1.82) is 0 Å². The van der Waals surface area contributed by atoms with Crippen molar-refractivity contribution in [1.82, 2.24) is 0 Å². The van der Waals surface area contributed by atoms with E-state index in [-0.39, 0.29) is 5.41 Å². The summed E-state index contributed by atoms with van der Waals surface area (Å²) in [6.45, 7) is 4.77. The van der Waals surface area contributed by atoms with Crippen LogP contribution in [-0.4, -0.2) is 0 Å². The predicted octanol–water partition coefficient (Wildman–Crippen LogP) is 18.1. The molecule has 2 nitrogen and oxygen atoms in total. The van der Waals surface area contributed by atoms with Gasteiger partial charge in [-0.2, -0.15) is 0 Å². The number of hydrogen-bond donors (Lipinski definition) is 0. The minimum absolute atomic E-state index is 0.209. The van der Waals surface area contributed by atoms with Crippen LogP contribution in [0.4, 0.5) is 17.1 Å². The van der Waals surface area contributed by atoms with Gasteiger partial charge in [0.2, 0.25) is 0 Å². The summed E-state index contributed by atoms with van der Waals surface area (Å²) in [6, 6.07) is 93.5. The maximum atomic E-state index is 7.25. The van der Waals surface area contributed by atoms with Gasteiger partial charge >= 0.3 is 0 Å². The third-order valence-electron chi connectivity index (χ3n) is 17.3. The SMILES string of the molecule is CC1(C)c2ccccc2-c2ccc(N(c3ccc4c(c3)C3(c5ccccc5-c5ccccc53)c3ccccc3-4)c3cc(C4(c5ccccc5)c5ccccc5-c5ccccc54)c4oc5ccccc5c4c3)cc21. The van der Waals surface area contributed by atoms with Gasteiger partial charge in [-0.1, -0.05) is 220 Å². The van der Waals surface area contributed by atoms with Gasteiger partial charge in [0, 0.05) is 38.8 Å². The van der Waals surface area contributed by atoms with Gasteiger partial charge in [-0.05, 0) is 137 Å². The highest BCUT2D eigenvalue weighted by atomic mass is 16.3. The fraction of sp³-hybridized carbons (Fsp3) is 0.0704. The molecule has 11 aromatic carbocycles. The molecule has 16 rings (SSSR count). The van der Waals surface area contributed by atoms with E-state index < -0.39 is 10.8 Å². The van der Waals surface area contributed by atoms with Gasteiger partial charge in [0.1, 0.15) is 11.2 Å². The number of rotatable bonds is 5. The summed E-state index contributed by atoms with van der Waals surface area (Å²) in [4.78, 5) is 2.55. The third-order valence-corrected chi connectivity index (χ3v) is 17.3. The highest BCUT2D eigenvalue weighted by molar-refractivity contribution is 6.09. The lowest BCUT2D eigenvalue weighted by molar-refractivity contribution is 0.648. The largest absolute Gasteiger partial charge is 0.456 e. The van der Waals surface area contributed by atoms with Crippen molar-refractivity contribution in [2.24, 2.45) is 0 Å². The van der Waals surface area contributed by atoms with E-state index in [2.05, 4.69) is 267 Å². The summed E-state index contributed by atoms with van der Waals surface area (Å²) in [5, 5.41) is 2.18. The van der Waals surface area contributed by atoms with Gasteiger partial charge in [0.15, 0.2) is 0 Å². The number of para-hydroxylation sites is 1. The van der Waals surface area contributed by atoms with Gasteiger partial charge in [0.25, 0.3) is 0 Å². The average molecular weight is 930 g/mol. The zero-order chi connectivity index (χ0) is 48.2. The second kappa shape index (κ2) is 14.6. The minimum atomic E-state index is -0.718. The lowest BCUT2D eigenvalue weighted by atomic mass is 9.67. The Morgan fingerprint density at radius 1 is 0.288 bits per heavy atom. The molecule has 0 bridgehead atoms. The molecule has 1 spiro atoms. The predicted molar refractivity (Wildman–Crippen MR) is 300 cm³/mol. The van der Waals surface area contributed by atoms with Gasteiger partial charge in [-0.25, -0.2) is 0 Å². The third kappa shape index (κ3) is 5.12. The molecule has 1 heterocycles. The fourth-order valence-corrected chi connectivity index (χ4v) is 14.4. The second-order valence-corrected chi connectivity index (χ2v) is 21.0. The van der Waals surface area contributed by atoms with Crippen molar-refractivity contribution in [2.45, 2.75) is 30.1 Å². The Bertz CT molecular complexity index is 4210. The first-order chi connectivity index (χ1) is 36.0. The van der Waals surface area contributed by atoms with Crippen LogP contribution in [0.5, 0.6) is 0 Å². The first-order valence-corrected chi connectivity index (χ1v) is 25.7. The molecule has 0 unspecified atom stereocenters. The molecule has 1 aromatic heterocycles. The zero-order valence-electron chi connectivity index (χ0n) is 40.5. The molecule has 12 aromatic rings. The van der Waals surface area contributed by atoms with Crippen molar-refractivity contribution >= 4 is 39.0 Å². The first-order valence-electron chi connectivity index (χ1n) is 25.7. The van der Waals surface area contributed by atoms with E-state index in [4.69, 9.17) is 4.42 Å². The number of nitrogens with zero attached hydrogens (tertiary/aromatic N) is 1. The van der Waals surface area contributed by atoms with Crippen molar-refractivity contribution < 1.29 is 4.42 Å². The molecule has 0 atom stereocenters. The molecule has 2 heteroatoms. The molecule has 4 aliphatic rings. The summed E-state index contributed by atoms with van der Waals surface area (Å²) in [6.07, 6.45) is 0. The van der Waals surface area contributed by atoms with E-state index in [9.17, 15) is 0 Å². The fourth-order valence-electron chi connectivity index (χ4n) is 14.4. The highest BCUT2D eigenvalue weighted by Gasteiger charge is 2.52. The maximum Gasteiger partial charge on any atom is 0.140 e. The van der Waals surface area contributed by atoms with Crippen molar-refractivity contribution in [3.63, 3.8) is 0 Å². The number of benzene rings is 11. The normalized spacial score (nSPS) is 15.0. The van der Waals surface area contributed by atoms with Crippen LogP contribution in [0.15, 0.2) is 253 Å².